The third kappa shape index (κ3) is 6.53. The summed E-state index contributed by atoms with van der Waals surface area (Å²) in [4.78, 5) is 15.1. The van der Waals surface area contributed by atoms with E-state index in [0.29, 0.717) is 68.0 Å². The van der Waals surface area contributed by atoms with Gasteiger partial charge in [-0.2, -0.15) is 13.2 Å². The molecule has 5 rings (SSSR count). The van der Waals surface area contributed by atoms with Crippen molar-refractivity contribution in [2.45, 2.75) is 42.2 Å². The molecule has 234 valence electrons. The van der Waals surface area contributed by atoms with Gasteiger partial charge in [0.05, 0.1) is 27.5 Å². The molecule has 0 aliphatic carbocycles. The first-order valence-corrected chi connectivity index (χ1v) is 15.7. The number of anilines is 1. The summed E-state index contributed by atoms with van der Waals surface area (Å²) in [6.07, 6.45) is -0.264. The number of fused-ring (bicyclic) bond motifs is 1. The van der Waals surface area contributed by atoms with Gasteiger partial charge in [-0.05, 0) is 66.4 Å². The molecule has 4 aromatic rings. The minimum Gasteiger partial charge on any atom is -0.494 e. The number of rotatable bonds is 10. The molecule has 0 amide bonds. The molecule has 0 atom stereocenters. The van der Waals surface area contributed by atoms with Gasteiger partial charge in [-0.3, -0.25) is 15.0 Å². The van der Waals surface area contributed by atoms with Crippen LogP contribution in [-0.4, -0.2) is 62.0 Å². The van der Waals surface area contributed by atoms with Gasteiger partial charge >= 0.3 is 6.18 Å². The van der Waals surface area contributed by atoms with Crippen LogP contribution in [0.3, 0.4) is 0 Å². The first kappa shape index (κ1) is 31.3. The van der Waals surface area contributed by atoms with Gasteiger partial charge in [0.15, 0.2) is 0 Å². The number of halogens is 3. The highest BCUT2D eigenvalue weighted by atomic mass is 32.2. The molecule has 0 unspecified atom stereocenters. The number of piperazine rings is 1. The molecule has 1 aliphatic rings. The minimum absolute atomic E-state index is 0.0218. The Morgan fingerprint density at radius 2 is 1.70 bits per heavy atom. The zero-order valence-electron chi connectivity index (χ0n) is 24.3. The zero-order chi connectivity index (χ0) is 31.6. The lowest BCUT2D eigenvalue weighted by Crippen LogP contribution is -2.47. The van der Waals surface area contributed by atoms with Gasteiger partial charge in [-0.25, -0.2) is 8.42 Å². The monoisotopic (exact) mass is 630 g/mol. The van der Waals surface area contributed by atoms with E-state index in [0.717, 1.165) is 11.6 Å². The molecule has 2 aromatic heterocycles. The van der Waals surface area contributed by atoms with Crippen LogP contribution in [0.5, 0.6) is 5.75 Å². The minimum atomic E-state index is -4.65. The highest BCUT2D eigenvalue weighted by Gasteiger charge is 2.34. The van der Waals surface area contributed by atoms with Gasteiger partial charge in [0.1, 0.15) is 16.3 Å². The Bertz CT molecular complexity index is 1750. The molecule has 1 saturated heterocycles. The fraction of sp³-hybridized carbons (Fsp3) is 0.355. The number of sulfone groups is 1. The standard InChI is InChI=1S/C31H33F3N4O5S/c1-22(2)26-21-37-14-4-3-6-28(37)30(26)44(41,42)25-10-8-24(9-11-25)43-19-5-13-35-15-17-36(18-16-35)27-12-7-23(31(32,33)34)20-29(27)38(39)40/h3-4,6-12,14,20-22H,5,13,15-19H2,1-2H3. The third-order valence-corrected chi connectivity index (χ3v) is 9.66. The number of nitro benzene ring substituents is 1. The molecule has 1 fully saturated rings. The van der Waals surface area contributed by atoms with Gasteiger partial charge in [0, 0.05) is 51.2 Å². The molecule has 0 saturated carbocycles. The molecule has 9 nitrogen and oxygen atoms in total. The lowest BCUT2D eigenvalue weighted by atomic mass is 10.1. The number of hydrogen-bond acceptors (Lipinski definition) is 7. The molecule has 0 bridgehead atoms. The SMILES string of the molecule is CC(C)c1cn2ccccc2c1S(=O)(=O)c1ccc(OCCCN2CCN(c3ccc(C(F)(F)F)cc3[N+](=O)[O-])CC2)cc1. The highest BCUT2D eigenvalue weighted by Crippen LogP contribution is 2.37. The van der Waals surface area contributed by atoms with Crippen LogP contribution in [0, 0.1) is 10.1 Å². The Balaban J connectivity index is 1.14. The van der Waals surface area contributed by atoms with Crippen LogP contribution in [0.25, 0.3) is 5.52 Å². The summed E-state index contributed by atoms with van der Waals surface area (Å²) in [6, 6.07) is 14.5. The van der Waals surface area contributed by atoms with Crippen LogP contribution in [0.2, 0.25) is 0 Å². The molecule has 1 aliphatic heterocycles. The van der Waals surface area contributed by atoms with Crippen molar-refractivity contribution in [2.24, 2.45) is 0 Å². The fourth-order valence-electron chi connectivity index (χ4n) is 5.46. The number of nitro groups is 1. The maximum atomic E-state index is 13.7. The maximum Gasteiger partial charge on any atom is 0.416 e. The summed E-state index contributed by atoms with van der Waals surface area (Å²) in [5.74, 6) is 0.572. The molecule has 44 heavy (non-hydrogen) atoms. The van der Waals surface area contributed by atoms with Gasteiger partial charge in [-0.15, -0.1) is 0 Å². The summed E-state index contributed by atoms with van der Waals surface area (Å²) in [6.45, 7) is 7.12. The van der Waals surface area contributed by atoms with Crippen molar-refractivity contribution >= 4 is 26.7 Å². The number of alkyl halides is 3. The topological polar surface area (TPSA) is 97.4 Å². The van der Waals surface area contributed by atoms with E-state index >= 15 is 0 Å². The Kier molecular flexibility index (Phi) is 8.89. The average Bonchev–Trinajstić information content (AvgIpc) is 3.40. The molecule has 0 radical (unpaired) electrons. The van der Waals surface area contributed by atoms with Crippen molar-refractivity contribution in [1.29, 1.82) is 0 Å². The van der Waals surface area contributed by atoms with Crippen molar-refractivity contribution in [3.63, 3.8) is 0 Å². The quantitative estimate of drug-likeness (QED) is 0.113. The van der Waals surface area contributed by atoms with Crippen LogP contribution in [-0.2, 0) is 16.0 Å². The van der Waals surface area contributed by atoms with Gasteiger partial charge in [0.25, 0.3) is 5.69 Å². The Labute approximate surface area is 253 Å². The second-order valence-electron chi connectivity index (χ2n) is 11.0. The third-order valence-electron chi connectivity index (χ3n) is 7.79. The second kappa shape index (κ2) is 12.5. The number of hydrogen-bond donors (Lipinski definition) is 0. The van der Waals surface area contributed by atoms with Gasteiger partial charge in [-0.1, -0.05) is 19.9 Å². The van der Waals surface area contributed by atoms with Gasteiger partial charge < -0.3 is 14.0 Å². The van der Waals surface area contributed by atoms with Crippen molar-refractivity contribution in [3.8, 4) is 5.75 Å². The largest absolute Gasteiger partial charge is 0.494 e. The van der Waals surface area contributed by atoms with Crippen molar-refractivity contribution < 1.29 is 31.2 Å². The maximum absolute atomic E-state index is 13.7. The summed E-state index contributed by atoms with van der Waals surface area (Å²) < 4.78 is 74.1. The number of ether oxygens (including phenoxy) is 1. The van der Waals surface area contributed by atoms with E-state index in [1.54, 1.807) is 35.2 Å². The van der Waals surface area contributed by atoms with E-state index in [2.05, 4.69) is 4.90 Å². The summed E-state index contributed by atoms with van der Waals surface area (Å²) in [7, 11) is -3.77. The van der Waals surface area contributed by atoms with Crippen molar-refractivity contribution in [1.82, 2.24) is 9.30 Å². The lowest BCUT2D eigenvalue weighted by molar-refractivity contribution is -0.384. The number of benzene rings is 2. The van der Waals surface area contributed by atoms with E-state index < -0.39 is 32.2 Å². The van der Waals surface area contributed by atoms with E-state index in [4.69, 9.17) is 4.74 Å². The Hall–Kier alpha value is -4.10. The van der Waals surface area contributed by atoms with Crippen molar-refractivity contribution in [3.05, 3.63) is 94.3 Å². The predicted octanol–water partition coefficient (Wildman–Crippen LogP) is 6.41. The molecular weight excluding hydrogens is 597 g/mol. The summed E-state index contributed by atoms with van der Waals surface area (Å²) in [5.41, 5.74) is -0.0206. The molecular formula is C31H33F3N4O5S. The van der Waals surface area contributed by atoms with Crippen molar-refractivity contribution in [2.75, 3.05) is 44.2 Å². The van der Waals surface area contributed by atoms with E-state index in [1.165, 1.54) is 6.07 Å². The molecule has 0 spiro atoms. The first-order chi connectivity index (χ1) is 20.9. The molecule has 2 aromatic carbocycles. The van der Waals surface area contributed by atoms with Crippen LogP contribution in [0.15, 0.2) is 82.8 Å². The number of pyridine rings is 1. The first-order valence-electron chi connectivity index (χ1n) is 14.3. The smallest absolute Gasteiger partial charge is 0.416 e. The number of nitrogens with zero attached hydrogens (tertiary/aromatic N) is 4. The highest BCUT2D eigenvalue weighted by molar-refractivity contribution is 7.91. The molecule has 0 N–H and O–H groups in total. The molecule has 3 heterocycles. The number of aromatic nitrogens is 1. The van der Waals surface area contributed by atoms with E-state index in [-0.39, 0.29) is 16.5 Å². The van der Waals surface area contributed by atoms with Gasteiger partial charge in [0.2, 0.25) is 9.84 Å². The van der Waals surface area contributed by atoms with Crippen LogP contribution < -0.4 is 9.64 Å². The average molecular weight is 631 g/mol. The summed E-state index contributed by atoms with van der Waals surface area (Å²) in [5, 5.41) is 11.5. The van der Waals surface area contributed by atoms with E-state index in [9.17, 15) is 31.7 Å². The zero-order valence-corrected chi connectivity index (χ0v) is 25.1. The lowest BCUT2D eigenvalue weighted by Gasteiger charge is -2.35. The predicted molar refractivity (Wildman–Crippen MR) is 160 cm³/mol. The van der Waals surface area contributed by atoms with E-state index in [1.807, 2.05) is 42.8 Å². The van der Waals surface area contributed by atoms with Crippen LogP contribution in [0.1, 0.15) is 37.3 Å². The Morgan fingerprint density at radius 3 is 2.34 bits per heavy atom. The fourth-order valence-corrected chi connectivity index (χ4v) is 7.24. The summed E-state index contributed by atoms with van der Waals surface area (Å²) >= 11 is 0. The normalized spacial score (nSPS) is 14.8. The van der Waals surface area contributed by atoms with Crippen LogP contribution >= 0.6 is 0 Å². The van der Waals surface area contributed by atoms with Crippen LogP contribution in [0.4, 0.5) is 24.5 Å². The Morgan fingerprint density at radius 1 is 1.00 bits per heavy atom. The molecule has 13 heteroatoms. The second-order valence-corrected chi connectivity index (χ2v) is 12.9.